The molecule has 1 aliphatic heterocycles. The summed E-state index contributed by atoms with van der Waals surface area (Å²) in [4.78, 5) is 48.9. The minimum atomic E-state index is -1.06. The van der Waals surface area contributed by atoms with Crippen LogP contribution in [0.2, 0.25) is 0 Å². The number of rotatable bonds is 8. The third-order valence-electron chi connectivity index (χ3n) is 5.02. The van der Waals surface area contributed by atoms with Gasteiger partial charge >= 0.3 is 5.97 Å². The van der Waals surface area contributed by atoms with Crippen molar-refractivity contribution in [3.8, 4) is 5.75 Å². The van der Waals surface area contributed by atoms with Gasteiger partial charge in [0.2, 0.25) is 11.8 Å². The third kappa shape index (κ3) is 6.95. The van der Waals surface area contributed by atoms with Crippen LogP contribution in [-0.4, -0.2) is 63.6 Å². The van der Waals surface area contributed by atoms with Crippen LogP contribution in [0.15, 0.2) is 24.3 Å². The first kappa shape index (κ1) is 24.1. The topological polar surface area (TPSA) is 148 Å². The second kappa shape index (κ2) is 10.8. The Morgan fingerprint density at radius 2 is 1.94 bits per heavy atom. The molecule has 1 fully saturated rings. The van der Waals surface area contributed by atoms with Crippen LogP contribution in [-0.2, 0) is 25.6 Å². The molecule has 10 nitrogen and oxygen atoms in total. The molecule has 10 heteroatoms. The molecule has 3 amide bonds. The molecule has 1 aromatic carbocycles. The number of nitrogens with one attached hydrogen (secondary N) is 3. The molecule has 0 aromatic heterocycles. The highest BCUT2D eigenvalue weighted by atomic mass is 16.4. The van der Waals surface area contributed by atoms with Crippen molar-refractivity contribution in [1.82, 2.24) is 21.1 Å². The van der Waals surface area contributed by atoms with Crippen molar-refractivity contribution in [2.45, 2.75) is 58.2 Å². The van der Waals surface area contributed by atoms with Crippen LogP contribution in [0.3, 0.4) is 0 Å². The zero-order chi connectivity index (χ0) is 23.1. The number of nitrogens with zero attached hydrogens (tertiary/aromatic N) is 1. The number of amides is 3. The summed E-state index contributed by atoms with van der Waals surface area (Å²) in [6, 6.07) is 3.57. The van der Waals surface area contributed by atoms with E-state index in [1.54, 1.807) is 26.0 Å². The molecule has 3 atom stereocenters. The van der Waals surface area contributed by atoms with E-state index in [9.17, 15) is 29.4 Å². The quantitative estimate of drug-likeness (QED) is 0.391. The maximum Gasteiger partial charge on any atom is 0.322 e. The van der Waals surface area contributed by atoms with Gasteiger partial charge < -0.3 is 20.8 Å². The van der Waals surface area contributed by atoms with Gasteiger partial charge in [-0.25, -0.2) is 5.43 Å². The fraction of sp³-hybridized carbons (Fsp3) is 0.524. The lowest BCUT2D eigenvalue weighted by molar-refractivity contribution is -0.148. The number of benzene rings is 1. The Morgan fingerprint density at radius 3 is 2.52 bits per heavy atom. The molecule has 2 rings (SSSR count). The van der Waals surface area contributed by atoms with E-state index >= 15 is 0 Å². The lowest BCUT2D eigenvalue weighted by Crippen LogP contribution is -2.61. The lowest BCUT2D eigenvalue weighted by atomic mass is 10.0. The van der Waals surface area contributed by atoms with Gasteiger partial charge in [0, 0.05) is 19.9 Å². The van der Waals surface area contributed by atoms with E-state index in [1.165, 1.54) is 24.1 Å². The van der Waals surface area contributed by atoms with Crippen LogP contribution >= 0.6 is 0 Å². The summed E-state index contributed by atoms with van der Waals surface area (Å²) in [5, 5.41) is 25.5. The van der Waals surface area contributed by atoms with Gasteiger partial charge in [-0.2, -0.15) is 0 Å². The number of hydrogen-bond donors (Lipinski definition) is 5. The molecule has 1 aliphatic rings. The Labute approximate surface area is 181 Å². The highest BCUT2D eigenvalue weighted by Crippen LogP contribution is 2.15. The van der Waals surface area contributed by atoms with Gasteiger partial charge in [0.15, 0.2) is 0 Å². The number of carbonyl (C=O) groups excluding carboxylic acids is 3. The largest absolute Gasteiger partial charge is 0.508 e. The molecule has 1 heterocycles. The van der Waals surface area contributed by atoms with Crippen molar-refractivity contribution in [3.05, 3.63) is 29.8 Å². The van der Waals surface area contributed by atoms with Crippen LogP contribution in [0.25, 0.3) is 0 Å². The standard InChI is InChI=1S/C21H30N4O6/c1-12(2)18(22-13(3)26)19(28)23-17(11-14-6-4-7-15(27)10-14)20(29)25-9-5-8-16(24-25)21(30)31/h4,6-7,10,12,16-18,24,27H,5,8-9,11H2,1-3H3,(H,22,26)(H,23,28)(H,30,31)/t16?,17-,18-/m0/s1. The monoisotopic (exact) mass is 434 g/mol. The Hall–Kier alpha value is -3.14. The molecule has 5 N–H and O–H groups in total. The first-order chi connectivity index (χ1) is 14.6. The number of hydrogen-bond acceptors (Lipinski definition) is 6. The highest BCUT2D eigenvalue weighted by Gasteiger charge is 2.34. The van der Waals surface area contributed by atoms with E-state index in [-0.39, 0.29) is 24.0 Å². The van der Waals surface area contributed by atoms with Crippen LogP contribution in [0.4, 0.5) is 0 Å². The second-order valence-electron chi connectivity index (χ2n) is 8.01. The molecule has 0 radical (unpaired) electrons. The maximum absolute atomic E-state index is 13.2. The predicted octanol–water partition coefficient (Wildman–Crippen LogP) is 0.160. The average molecular weight is 434 g/mol. The first-order valence-electron chi connectivity index (χ1n) is 10.2. The summed E-state index contributed by atoms with van der Waals surface area (Å²) in [6.07, 6.45) is 0.976. The van der Waals surface area contributed by atoms with E-state index in [0.717, 1.165) is 0 Å². The van der Waals surface area contributed by atoms with Crippen molar-refractivity contribution in [1.29, 1.82) is 0 Å². The van der Waals surface area contributed by atoms with Gasteiger partial charge in [0.05, 0.1) is 0 Å². The molecule has 31 heavy (non-hydrogen) atoms. The molecule has 0 bridgehead atoms. The number of hydrazine groups is 1. The highest BCUT2D eigenvalue weighted by molar-refractivity contribution is 5.92. The summed E-state index contributed by atoms with van der Waals surface area (Å²) in [5.74, 6) is -2.63. The van der Waals surface area contributed by atoms with Gasteiger partial charge in [-0.15, -0.1) is 0 Å². The Morgan fingerprint density at radius 1 is 1.23 bits per heavy atom. The van der Waals surface area contributed by atoms with Gasteiger partial charge in [-0.05, 0) is 36.5 Å². The molecule has 1 saturated heterocycles. The second-order valence-corrected chi connectivity index (χ2v) is 8.01. The zero-order valence-corrected chi connectivity index (χ0v) is 17.9. The minimum absolute atomic E-state index is 0.0235. The normalized spacial score (nSPS) is 18.2. The molecule has 0 saturated carbocycles. The van der Waals surface area contributed by atoms with Crippen LogP contribution in [0, 0.1) is 5.92 Å². The van der Waals surface area contributed by atoms with Crippen LogP contribution in [0.1, 0.15) is 39.2 Å². The zero-order valence-electron chi connectivity index (χ0n) is 17.9. The number of aliphatic carboxylic acids is 1. The van der Waals surface area contributed by atoms with E-state index in [1.807, 2.05) is 0 Å². The van der Waals surface area contributed by atoms with Crippen molar-refractivity contribution in [2.24, 2.45) is 5.92 Å². The van der Waals surface area contributed by atoms with Gasteiger partial charge in [0.25, 0.3) is 5.91 Å². The van der Waals surface area contributed by atoms with Crippen LogP contribution < -0.4 is 16.1 Å². The molecule has 0 aliphatic carbocycles. The van der Waals surface area contributed by atoms with E-state index in [2.05, 4.69) is 16.1 Å². The summed E-state index contributed by atoms with van der Waals surface area (Å²) in [5.41, 5.74) is 3.32. The fourth-order valence-corrected chi connectivity index (χ4v) is 3.45. The number of phenolic OH excluding ortho intramolecular Hbond substituents is 1. The van der Waals surface area contributed by atoms with Gasteiger partial charge in [-0.3, -0.25) is 24.2 Å². The van der Waals surface area contributed by atoms with E-state index < -0.39 is 35.9 Å². The van der Waals surface area contributed by atoms with Crippen LogP contribution in [0.5, 0.6) is 5.75 Å². The number of phenols is 1. The summed E-state index contributed by atoms with van der Waals surface area (Å²) < 4.78 is 0. The van der Waals surface area contributed by atoms with E-state index in [0.29, 0.717) is 24.9 Å². The molecule has 1 aromatic rings. The van der Waals surface area contributed by atoms with Gasteiger partial charge in [0.1, 0.15) is 23.9 Å². The molecule has 170 valence electrons. The number of aromatic hydroxyl groups is 1. The summed E-state index contributed by atoms with van der Waals surface area (Å²) >= 11 is 0. The molecular formula is C21H30N4O6. The fourth-order valence-electron chi connectivity index (χ4n) is 3.45. The Kier molecular flexibility index (Phi) is 8.38. The SMILES string of the molecule is CC(=O)N[C@H](C(=O)N[C@@H](Cc1cccc(O)c1)C(=O)N1CCCC(C(=O)O)N1)C(C)C. The Bertz CT molecular complexity index is 828. The lowest BCUT2D eigenvalue weighted by Gasteiger charge is -2.35. The van der Waals surface area contributed by atoms with Crippen molar-refractivity contribution in [3.63, 3.8) is 0 Å². The number of carboxylic acids is 1. The summed E-state index contributed by atoms with van der Waals surface area (Å²) in [7, 11) is 0. The van der Waals surface area contributed by atoms with Crippen molar-refractivity contribution < 1.29 is 29.4 Å². The van der Waals surface area contributed by atoms with Crippen molar-refractivity contribution >= 4 is 23.7 Å². The third-order valence-corrected chi connectivity index (χ3v) is 5.02. The Balaban J connectivity index is 2.24. The molecule has 0 spiro atoms. The number of carboxylic acid groups (broad SMARTS) is 1. The van der Waals surface area contributed by atoms with Gasteiger partial charge in [-0.1, -0.05) is 26.0 Å². The van der Waals surface area contributed by atoms with E-state index in [4.69, 9.17) is 0 Å². The first-order valence-corrected chi connectivity index (χ1v) is 10.2. The summed E-state index contributed by atoms with van der Waals surface area (Å²) in [6.45, 7) is 5.15. The molecule has 1 unspecified atom stereocenters. The predicted molar refractivity (Wildman–Crippen MR) is 112 cm³/mol. The van der Waals surface area contributed by atoms with Crippen molar-refractivity contribution in [2.75, 3.05) is 6.54 Å². The maximum atomic E-state index is 13.2. The minimum Gasteiger partial charge on any atom is -0.508 e. The molecular weight excluding hydrogens is 404 g/mol. The number of carbonyl (C=O) groups is 4. The smallest absolute Gasteiger partial charge is 0.322 e. The average Bonchev–Trinajstić information content (AvgIpc) is 2.70.